The zero-order valence-corrected chi connectivity index (χ0v) is 13.6. The largest absolute Gasteiger partial charge is 0.288 e. The quantitative estimate of drug-likeness (QED) is 0.726. The molecular weight excluding hydrogens is 320 g/mol. The fourth-order valence-electron chi connectivity index (χ4n) is 1.44. The molecule has 0 bridgehead atoms. The Balaban J connectivity index is 1.81. The summed E-state index contributed by atoms with van der Waals surface area (Å²) in [4.78, 5) is 10.9. The number of thioether (sulfide) groups is 5. The van der Waals surface area contributed by atoms with Gasteiger partial charge in [-0.25, -0.2) is 0 Å². The van der Waals surface area contributed by atoms with Crippen LogP contribution < -0.4 is 0 Å². The summed E-state index contributed by atoms with van der Waals surface area (Å²) in [7, 11) is 0. The molecule has 2 saturated heterocycles. The van der Waals surface area contributed by atoms with Gasteiger partial charge in [0.25, 0.3) is 0 Å². The number of rotatable bonds is 3. The second-order valence-electron chi connectivity index (χ2n) is 3.56. The van der Waals surface area contributed by atoms with E-state index in [0.29, 0.717) is 10.5 Å². The SMILES string of the molecule is CC(=O)SCC1CSC2(SCC(CCl)S2)S1. The van der Waals surface area contributed by atoms with Crippen LogP contribution in [0.5, 0.6) is 0 Å². The monoisotopic (exact) mass is 332 g/mol. The summed E-state index contributed by atoms with van der Waals surface area (Å²) in [5.74, 6) is 4.05. The van der Waals surface area contributed by atoms with E-state index in [1.165, 1.54) is 23.3 Å². The Morgan fingerprint density at radius 2 is 2.00 bits per heavy atom. The summed E-state index contributed by atoms with van der Waals surface area (Å²) in [6.07, 6.45) is 0. The molecule has 0 N–H and O–H groups in total. The molecule has 2 rings (SSSR count). The van der Waals surface area contributed by atoms with Gasteiger partial charge in [0.2, 0.25) is 0 Å². The lowest BCUT2D eigenvalue weighted by Crippen LogP contribution is -2.08. The first-order valence-electron chi connectivity index (χ1n) is 4.96. The van der Waals surface area contributed by atoms with E-state index in [0.717, 1.165) is 11.6 Å². The van der Waals surface area contributed by atoms with E-state index < -0.39 is 0 Å². The van der Waals surface area contributed by atoms with Gasteiger partial charge in [0.1, 0.15) is 0 Å². The first kappa shape index (κ1) is 14.1. The molecule has 0 saturated carbocycles. The van der Waals surface area contributed by atoms with Crippen LogP contribution >= 0.6 is 70.4 Å². The Morgan fingerprint density at radius 1 is 1.38 bits per heavy atom. The summed E-state index contributed by atoms with van der Waals surface area (Å²) in [5.41, 5.74) is 0. The van der Waals surface area contributed by atoms with Crippen LogP contribution in [0.4, 0.5) is 0 Å². The van der Waals surface area contributed by atoms with Crippen LogP contribution in [-0.2, 0) is 4.79 Å². The molecule has 0 aliphatic carbocycles. The summed E-state index contributed by atoms with van der Waals surface area (Å²) in [6, 6.07) is 0. The van der Waals surface area contributed by atoms with Gasteiger partial charge in [0.05, 0.1) is 0 Å². The number of hydrogen-bond donors (Lipinski definition) is 0. The predicted molar refractivity (Wildman–Crippen MR) is 84.3 cm³/mol. The molecule has 7 heteroatoms. The van der Waals surface area contributed by atoms with E-state index in [9.17, 15) is 4.79 Å². The first-order valence-corrected chi connectivity index (χ1v) is 10.2. The molecule has 1 nitrogen and oxygen atoms in total. The second kappa shape index (κ2) is 6.24. The fraction of sp³-hybridized carbons (Fsp3) is 0.889. The third-order valence-electron chi connectivity index (χ3n) is 2.16. The van der Waals surface area contributed by atoms with Gasteiger partial charge < -0.3 is 0 Å². The van der Waals surface area contributed by atoms with E-state index >= 15 is 0 Å². The Hall–Kier alpha value is 1.71. The average molecular weight is 333 g/mol. The van der Waals surface area contributed by atoms with Crippen LogP contribution in [0.3, 0.4) is 0 Å². The van der Waals surface area contributed by atoms with Crippen molar-refractivity contribution in [1.82, 2.24) is 0 Å². The van der Waals surface area contributed by atoms with Crippen molar-refractivity contribution in [1.29, 1.82) is 0 Å². The lowest BCUT2D eigenvalue weighted by Gasteiger charge is -2.19. The molecule has 3 unspecified atom stereocenters. The van der Waals surface area contributed by atoms with Crippen LogP contribution in [0.25, 0.3) is 0 Å². The van der Waals surface area contributed by atoms with E-state index in [1.54, 1.807) is 6.92 Å². The topological polar surface area (TPSA) is 17.1 Å². The van der Waals surface area contributed by atoms with Crippen molar-refractivity contribution in [2.75, 3.05) is 23.1 Å². The van der Waals surface area contributed by atoms with Gasteiger partial charge >= 0.3 is 0 Å². The fourth-order valence-corrected chi connectivity index (χ4v) is 11.2. The third-order valence-corrected chi connectivity index (χ3v) is 11.9. The van der Waals surface area contributed by atoms with Gasteiger partial charge in [-0.3, -0.25) is 4.79 Å². The highest BCUT2D eigenvalue weighted by Crippen LogP contribution is 2.67. The van der Waals surface area contributed by atoms with Gasteiger partial charge in [0.15, 0.2) is 7.86 Å². The average Bonchev–Trinajstić information content (AvgIpc) is 2.84. The predicted octanol–water partition coefficient (Wildman–Crippen LogP) is 3.81. The molecule has 92 valence electrons. The number of halogens is 1. The van der Waals surface area contributed by atoms with Crippen molar-refractivity contribution in [3.05, 3.63) is 0 Å². The molecule has 3 atom stereocenters. The molecule has 16 heavy (non-hydrogen) atoms. The van der Waals surface area contributed by atoms with Crippen LogP contribution in [0.15, 0.2) is 0 Å². The molecule has 0 amide bonds. The molecule has 0 aromatic heterocycles. The third kappa shape index (κ3) is 3.60. The minimum atomic E-state index is 0.233. The second-order valence-corrected chi connectivity index (χ2v) is 12.1. The Labute approximate surface area is 123 Å². The molecule has 0 radical (unpaired) electrons. The van der Waals surface area contributed by atoms with Crippen molar-refractivity contribution in [2.24, 2.45) is 0 Å². The molecule has 0 aromatic carbocycles. The molecule has 2 heterocycles. The normalized spacial score (nSPS) is 38.4. The summed E-state index contributed by atoms with van der Waals surface area (Å²) in [6.45, 7) is 1.65. The Morgan fingerprint density at radius 3 is 2.56 bits per heavy atom. The molecule has 1 spiro atoms. The lowest BCUT2D eigenvalue weighted by molar-refractivity contribution is -0.109. The standard InChI is InChI=1S/C9H13ClOS5/c1-6(11)12-3-8-5-14-9(16-8)13-4-7(2-10)15-9/h7-8H,2-5H2,1H3. The van der Waals surface area contributed by atoms with E-state index in [4.69, 9.17) is 11.6 Å². The smallest absolute Gasteiger partial charge is 0.185 e. The Bertz CT molecular complexity index is 277. The molecule has 2 fully saturated rings. The minimum Gasteiger partial charge on any atom is -0.288 e. The van der Waals surface area contributed by atoms with E-state index in [1.807, 2.05) is 47.0 Å². The van der Waals surface area contributed by atoms with Crippen molar-refractivity contribution in [2.45, 2.75) is 20.2 Å². The van der Waals surface area contributed by atoms with Crippen molar-refractivity contribution in [3.63, 3.8) is 0 Å². The summed E-state index contributed by atoms with van der Waals surface area (Å²) in [5, 5.41) is 1.45. The first-order chi connectivity index (χ1) is 7.63. The van der Waals surface area contributed by atoms with Gasteiger partial charge in [-0.1, -0.05) is 11.8 Å². The number of carbonyl (C=O) groups excluding carboxylic acids is 1. The van der Waals surface area contributed by atoms with Crippen LogP contribution in [0.2, 0.25) is 0 Å². The van der Waals surface area contributed by atoms with Crippen LogP contribution in [-0.4, -0.2) is 41.5 Å². The lowest BCUT2D eigenvalue weighted by atomic mass is 10.5. The number of hydrogen-bond acceptors (Lipinski definition) is 6. The highest BCUT2D eigenvalue weighted by atomic mass is 35.5. The van der Waals surface area contributed by atoms with E-state index in [2.05, 4.69) is 0 Å². The zero-order chi connectivity index (χ0) is 11.6. The molecular formula is C9H13ClOS5. The maximum Gasteiger partial charge on any atom is 0.185 e. The van der Waals surface area contributed by atoms with Crippen molar-refractivity contribution < 1.29 is 4.79 Å². The molecule has 0 aromatic rings. The minimum absolute atomic E-state index is 0.233. The maximum absolute atomic E-state index is 10.9. The van der Waals surface area contributed by atoms with Gasteiger partial charge in [-0.15, -0.1) is 58.6 Å². The zero-order valence-electron chi connectivity index (χ0n) is 8.81. The maximum atomic E-state index is 10.9. The highest BCUT2D eigenvalue weighted by molar-refractivity contribution is 8.50. The Kier molecular flexibility index (Phi) is 5.51. The summed E-state index contributed by atoms with van der Waals surface area (Å²) >= 11 is 15.5. The van der Waals surface area contributed by atoms with Crippen LogP contribution in [0.1, 0.15) is 6.92 Å². The van der Waals surface area contributed by atoms with Gasteiger partial charge in [-0.05, 0) is 0 Å². The van der Waals surface area contributed by atoms with Crippen molar-refractivity contribution in [3.8, 4) is 0 Å². The number of alkyl halides is 1. The van der Waals surface area contributed by atoms with Gasteiger partial charge in [-0.2, -0.15) is 0 Å². The summed E-state index contributed by atoms with van der Waals surface area (Å²) < 4.78 is 0.279. The van der Waals surface area contributed by atoms with Crippen molar-refractivity contribution >= 4 is 75.5 Å². The molecule has 2 aliphatic rings. The van der Waals surface area contributed by atoms with E-state index in [-0.39, 0.29) is 7.86 Å². The number of carbonyl (C=O) groups is 1. The van der Waals surface area contributed by atoms with Gasteiger partial charge in [0, 0.05) is 40.6 Å². The highest BCUT2D eigenvalue weighted by Gasteiger charge is 2.47. The van der Waals surface area contributed by atoms with Crippen LogP contribution in [0, 0.1) is 0 Å². The molecule has 2 aliphatic heterocycles.